The van der Waals surface area contributed by atoms with Crippen LogP contribution in [0.15, 0.2) is 109 Å². The Hall–Kier alpha value is -5.22. The maximum absolute atomic E-state index is 5.75. The molecule has 9 rings (SSSR count). The Morgan fingerprint density at radius 1 is 0.578 bits per heavy atom. The van der Waals surface area contributed by atoms with E-state index in [0.717, 1.165) is 24.3 Å². The summed E-state index contributed by atoms with van der Waals surface area (Å²) in [6.07, 6.45) is 6.21. The number of rotatable bonds is 2. The molecule has 6 aromatic rings. The van der Waals surface area contributed by atoms with Gasteiger partial charge in [0, 0.05) is 29.7 Å². The number of aromatic nitrogens is 2. The first-order valence-corrected chi connectivity index (χ1v) is 15.7. The number of hydrogen-bond donors (Lipinski definition) is 0. The van der Waals surface area contributed by atoms with Gasteiger partial charge in [0.05, 0.1) is 38.2 Å². The van der Waals surface area contributed by atoms with Crippen LogP contribution in [0.25, 0.3) is 55.8 Å². The first kappa shape index (κ1) is 26.2. The molecule has 45 heavy (non-hydrogen) atoms. The molecule has 2 aromatic heterocycles. The number of hydrogen-bond acceptors (Lipinski definition) is 2. The highest BCUT2D eigenvalue weighted by Gasteiger charge is 2.42. The largest absolute Gasteiger partial charge is 0.493 e. The number of ether oxygens (including phenoxy) is 2. The van der Waals surface area contributed by atoms with Gasteiger partial charge in [0.2, 0.25) is 11.4 Å². The van der Waals surface area contributed by atoms with E-state index in [2.05, 4.69) is 132 Å². The van der Waals surface area contributed by atoms with E-state index in [0.29, 0.717) is 0 Å². The molecule has 0 unspecified atom stereocenters. The van der Waals surface area contributed by atoms with Gasteiger partial charge in [-0.1, -0.05) is 44.2 Å². The maximum atomic E-state index is 5.75. The molecule has 4 aromatic carbocycles. The van der Waals surface area contributed by atoms with Crippen LogP contribution in [-0.4, -0.2) is 14.2 Å². The van der Waals surface area contributed by atoms with Crippen molar-refractivity contribution >= 4 is 22.2 Å². The van der Waals surface area contributed by atoms with Crippen molar-refractivity contribution in [3.05, 3.63) is 132 Å². The van der Waals surface area contributed by atoms with Crippen LogP contribution >= 0.6 is 0 Å². The molecule has 0 amide bonds. The smallest absolute Gasteiger partial charge is 0.259 e. The molecule has 1 aliphatic carbocycles. The number of benzene rings is 4. The van der Waals surface area contributed by atoms with Crippen LogP contribution < -0.4 is 18.6 Å². The Bertz CT molecular complexity index is 2280. The zero-order valence-corrected chi connectivity index (χ0v) is 26.0. The van der Waals surface area contributed by atoms with E-state index >= 15 is 0 Å². The summed E-state index contributed by atoms with van der Waals surface area (Å²) in [6.45, 7) is 4.73. The first-order valence-electron chi connectivity index (χ1n) is 15.7. The van der Waals surface area contributed by atoms with Crippen molar-refractivity contribution < 1.29 is 18.6 Å². The Balaban J connectivity index is 1.27. The lowest BCUT2D eigenvalue weighted by atomic mass is 9.78. The fourth-order valence-corrected chi connectivity index (χ4v) is 8.19. The molecule has 0 saturated carbocycles. The molecule has 4 heteroatoms. The molecule has 4 heterocycles. The highest BCUT2D eigenvalue weighted by molar-refractivity contribution is 6.00. The lowest BCUT2D eigenvalue weighted by Gasteiger charge is -2.25. The second-order valence-electron chi connectivity index (χ2n) is 12.9. The second-order valence-corrected chi connectivity index (χ2v) is 12.9. The highest BCUT2D eigenvalue weighted by Crippen LogP contribution is 2.54. The predicted octanol–water partition coefficient (Wildman–Crippen LogP) is 8.01. The van der Waals surface area contributed by atoms with E-state index < -0.39 is 0 Å². The molecule has 0 spiro atoms. The van der Waals surface area contributed by atoms with Crippen LogP contribution in [0.5, 0.6) is 11.5 Å². The number of fused-ring (bicyclic) bond motifs is 11. The van der Waals surface area contributed by atoms with E-state index in [1.54, 1.807) is 14.2 Å². The third kappa shape index (κ3) is 3.60. The van der Waals surface area contributed by atoms with Gasteiger partial charge in [-0.05, 0) is 86.6 Å². The SMILES string of the molecule is COc1cc2ccc3c(c2cc1OC)C(C)(C)c1cc2c(cc1-3)C/C(=C1/Cc3ccccc3-c3cccc[n+]31)[n+]1ccccc1-2. The summed E-state index contributed by atoms with van der Waals surface area (Å²) >= 11 is 0. The van der Waals surface area contributed by atoms with Crippen molar-refractivity contribution in [3.63, 3.8) is 0 Å². The number of methoxy groups -OCH3 is 2. The zero-order chi connectivity index (χ0) is 30.4. The molecule has 0 fully saturated rings. The predicted molar refractivity (Wildman–Crippen MR) is 179 cm³/mol. The number of allylic oxidation sites excluding steroid dienone is 2. The summed E-state index contributed by atoms with van der Waals surface area (Å²) in [4.78, 5) is 0. The van der Waals surface area contributed by atoms with Gasteiger partial charge in [-0.3, -0.25) is 0 Å². The minimum absolute atomic E-state index is 0.182. The molecule has 0 saturated heterocycles. The fraction of sp³-hybridized carbons (Fsp3) is 0.171. The van der Waals surface area contributed by atoms with Crippen LogP contribution in [0.3, 0.4) is 0 Å². The Kier molecular flexibility index (Phi) is 5.47. The summed E-state index contributed by atoms with van der Waals surface area (Å²) in [5, 5.41) is 2.38. The monoisotopic (exact) mass is 586 g/mol. The van der Waals surface area contributed by atoms with Crippen molar-refractivity contribution in [1.29, 1.82) is 0 Å². The molecular formula is C41H34N2O2+2. The lowest BCUT2D eigenvalue weighted by molar-refractivity contribution is -0.602. The van der Waals surface area contributed by atoms with Crippen molar-refractivity contribution in [2.24, 2.45) is 0 Å². The van der Waals surface area contributed by atoms with Crippen molar-refractivity contribution in [1.82, 2.24) is 0 Å². The van der Waals surface area contributed by atoms with Gasteiger partial charge in [-0.25, -0.2) is 0 Å². The van der Waals surface area contributed by atoms with E-state index in [1.165, 1.54) is 78.1 Å². The summed E-state index contributed by atoms with van der Waals surface area (Å²) in [5.74, 6) is 1.52. The molecular weight excluding hydrogens is 552 g/mol. The molecule has 0 atom stereocenters. The normalized spacial score (nSPS) is 16.6. The van der Waals surface area contributed by atoms with Gasteiger partial charge < -0.3 is 9.47 Å². The average molecular weight is 587 g/mol. The van der Waals surface area contributed by atoms with Crippen molar-refractivity contribution in [2.75, 3.05) is 14.2 Å². The molecule has 0 bridgehead atoms. The quantitative estimate of drug-likeness (QED) is 0.192. The molecule has 0 radical (unpaired) electrons. The Morgan fingerprint density at radius 3 is 1.96 bits per heavy atom. The fourth-order valence-electron chi connectivity index (χ4n) is 8.19. The molecule has 4 nitrogen and oxygen atoms in total. The minimum atomic E-state index is -0.182. The van der Waals surface area contributed by atoms with Crippen LogP contribution in [0.4, 0.5) is 0 Å². The highest BCUT2D eigenvalue weighted by atomic mass is 16.5. The third-order valence-corrected chi connectivity index (χ3v) is 10.3. The summed E-state index contributed by atoms with van der Waals surface area (Å²) in [7, 11) is 3.41. The van der Waals surface area contributed by atoms with E-state index in [4.69, 9.17) is 9.47 Å². The second kappa shape index (κ2) is 9.39. The molecule has 2 aliphatic heterocycles. The van der Waals surface area contributed by atoms with E-state index in [9.17, 15) is 0 Å². The van der Waals surface area contributed by atoms with Gasteiger partial charge in [0.25, 0.3) is 11.4 Å². The van der Waals surface area contributed by atoms with Gasteiger partial charge in [0.1, 0.15) is 0 Å². The third-order valence-electron chi connectivity index (χ3n) is 10.3. The van der Waals surface area contributed by atoms with Crippen LogP contribution in [0.2, 0.25) is 0 Å². The Labute approximate surface area is 263 Å². The van der Waals surface area contributed by atoms with Crippen molar-refractivity contribution in [3.8, 4) is 45.1 Å². The van der Waals surface area contributed by atoms with Gasteiger partial charge in [0.15, 0.2) is 23.9 Å². The minimum Gasteiger partial charge on any atom is -0.493 e. The average Bonchev–Trinajstić information content (AvgIpc) is 3.31. The molecule has 0 N–H and O–H groups in total. The van der Waals surface area contributed by atoms with E-state index in [1.807, 2.05) is 0 Å². The first-order chi connectivity index (χ1) is 22.0. The Morgan fingerprint density at radius 2 is 1.22 bits per heavy atom. The van der Waals surface area contributed by atoms with Gasteiger partial charge >= 0.3 is 0 Å². The van der Waals surface area contributed by atoms with Crippen LogP contribution in [0.1, 0.15) is 36.1 Å². The summed E-state index contributed by atoms with van der Waals surface area (Å²) in [5.41, 5.74) is 15.7. The standard InChI is InChI=1S/C41H34N2O2/c1-41(2)33-23-30-27(19-32(33)29-16-15-26-22-38(44-3)39(45-4)24-31(26)40(29)41)21-37(43-18-10-8-14-35(30)43)36-20-25-11-5-6-12-28(25)34-13-7-9-17-42(34)36/h5-19,22-24H,20-21H2,1-4H3/q+2/b37-36+. The molecule has 3 aliphatic rings. The lowest BCUT2D eigenvalue weighted by Crippen LogP contribution is -2.47. The van der Waals surface area contributed by atoms with Gasteiger partial charge in [-0.15, -0.1) is 0 Å². The number of nitrogens with zero attached hydrogens (tertiary/aromatic N) is 2. The summed E-state index contributed by atoms with van der Waals surface area (Å²) in [6, 6.07) is 35.7. The summed E-state index contributed by atoms with van der Waals surface area (Å²) < 4.78 is 16.2. The van der Waals surface area contributed by atoms with E-state index in [-0.39, 0.29) is 5.41 Å². The zero-order valence-electron chi connectivity index (χ0n) is 26.0. The number of pyridine rings is 2. The molecule has 218 valence electrons. The topological polar surface area (TPSA) is 26.2 Å². The van der Waals surface area contributed by atoms with Crippen LogP contribution in [-0.2, 0) is 18.3 Å². The maximum Gasteiger partial charge on any atom is 0.259 e. The van der Waals surface area contributed by atoms with Crippen LogP contribution in [0, 0.1) is 0 Å². The van der Waals surface area contributed by atoms with Gasteiger partial charge in [-0.2, -0.15) is 9.13 Å². The van der Waals surface area contributed by atoms with Crippen molar-refractivity contribution in [2.45, 2.75) is 32.1 Å².